The first-order chi connectivity index (χ1) is 9.00. The van der Waals surface area contributed by atoms with E-state index in [4.69, 9.17) is 5.11 Å². The molecule has 0 aromatic heterocycles. The van der Waals surface area contributed by atoms with E-state index in [0.717, 1.165) is 25.0 Å². The molecule has 0 aliphatic carbocycles. The Morgan fingerprint density at radius 1 is 1.47 bits per heavy atom. The summed E-state index contributed by atoms with van der Waals surface area (Å²) in [6, 6.07) is 2.41. The lowest BCUT2D eigenvalue weighted by atomic mass is 10.0. The largest absolute Gasteiger partial charge is 0.480 e. The third kappa shape index (κ3) is 2.64. The van der Waals surface area contributed by atoms with Gasteiger partial charge in [0, 0.05) is 6.54 Å². The molecule has 7 heteroatoms. The number of rotatable bonds is 3. The number of hydrogen-bond donors (Lipinski definition) is 1. The second-order valence-corrected chi connectivity index (χ2v) is 4.43. The Kier molecular flexibility index (Phi) is 3.64. The van der Waals surface area contributed by atoms with Crippen LogP contribution in [0.25, 0.3) is 0 Å². The second kappa shape index (κ2) is 5.21. The van der Waals surface area contributed by atoms with E-state index < -0.39 is 28.4 Å². The third-order valence-corrected chi connectivity index (χ3v) is 3.23. The fraction of sp³-hybridized carbons (Fsp3) is 0.417. The Hall–Kier alpha value is -2.18. The van der Waals surface area contributed by atoms with E-state index in [1.807, 2.05) is 0 Å². The zero-order valence-electron chi connectivity index (χ0n) is 10.1. The van der Waals surface area contributed by atoms with E-state index in [-0.39, 0.29) is 5.69 Å². The molecule has 0 radical (unpaired) electrons. The Balaban J connectivity index is 2.44. The van der Waals surface area contributed by atoms with Gasteiger partial charge in [-0.05, 0) is 31.4 Å². The SMILES string of the molecule is O=C(O)[C@@H]1CCCCN1c1ccc(F)cc1[N+](=O)[O-]. The number of carboxylic acid groups (broad SMARTS) is 1. The number of carboxylic acids is 1. The third-order valence-electron chi connectivity index (χ3n) is 3.23. The molecular weight excluding hydrogens is 255 g/mol. The lowest BCUT2D eigenvalue weighted by Crippen LogP contribution is -2.45. The second-order valence-electron chi connectivity index (χ2n) is 4.43. The molecule has 2 rings (SSSR count). The molecule has 1 saturated heterocycles. The maximum atomic E-state index is 13.1. The van der Waals surface area contributed by atoms with Gasteiger partial charge < -0.3 is 10.0 Å². The quantitative estimate of drug-likeness (QED) is 0.671. The first-order valence-electron chi connectivity index (χ1n) is 5.94. The minimum atomic E-state index is -1.02. The van der Waals surface area contributed by atoms with Crippen LogP contribution < -0.4 is 4.90 Å². The molecule has 6 nitrogen and oxygen atoms in total. The predicted octanol–water partition coefficient (Wildman–Crippen LogP) is 2.18. The van der Waals surface area contributed by atoms with E-state index in [0.29, 0.717) is 13.0 Å². The van der Waals surface area contributed by atoms with Crippen molar-refractivity contribution < 1.29 is 19.2 Å². The van der Waals surface area contributed by atoms with Crippen LogP contribution in [0.15, 0.2) is 18.2 Å². The zero-order valence-corrected chi connectivity index (χ0v) is 10.1. The van der Waals surface area contributed by atoms with E-state index in [9.17, 15) is 19.3 Å². The van der Waals surface area contributed by atoms with Crippen molar-refractivity contribution in [3.63, 3.8) is 0 Å². The summed E-state index contributed by atoms with van der Waals surface area (Å²) in [6.45, 7) is 0.420. The Labute approximate surface area is 108 Å². The molecule has 102 valence electrons. The van der Waals surface area contributed by atoms with Crippen LogP contribution in [0.4, 0.5) is 15.8 Å². The van der Waals surface area contributed by atoms with Crippen molar-refractivity contribution in [1.29, 1.82) is 0 Å². The molecule has 0 bridgehead atoms. The maximum absolute atomic E-state index is 13.1. The molecule has 1 N–H and O–H groups in total. The van der Waals surface area contributed by atoms with E-state index >= 15 is 0 Å². The van der Waals surface area contributed by atoms with Gasteiger partial charge in [-0.1, -0.05) is 0 Å². The molecular formula is C12H13FN2O4. The van der Waals surface area contributed by atoms with Gasteiger partial charge in [-0.3, -0.25) is 10.1 Å². The molecule has 1 fully saturated rings. The number of carbonyl (C=O) groups is 1. The van der Waals surface area contributed by atoms with Crippen LogP contribution in [0.5, 0.6) is 0 Å². The van der Waals surface area contributed by atoms with Crippen LogP contribution in [0.1, 0.15) is 19.3 Å². The van der Waals surface area contributed by atoms with E-state index in [1.54, 1.807) is 0 Å². The topological polar surface area (TPSA) is 83.7 Å². The van der Waals surface area contributed by atoms with Crippen molar-refractivity contribution in [1.82, 2.24) is 0 Å². The predicted molar refractivity (Wildman–Crippen MR) is 65.7 cm³/mol. The minimum absolute atomic E-state index is 0.165. The number of nitrogens with zero attached hydrogens (tertiary/aromatic N) is 2. The molecule has 1 aliphatic heterocycles. The molecule has 1 heterocycles. The fourth-order valence-electron chi connectivity index (χ4n) is 2.36. The normalized spacial score (nSPS) is 19.2. The van der Waals surface area contributed by atoms with Crippen LogP contribution in [0.3, 0.4) is 0 Å². The van der Waals surface area contributed by atoms with Gasteiger partial charge in [0.1, 0.15) is 17.5 Å². The first-order valence-corrected chi connectivity index (χ1v) is 5.94. The highest BCUT2D eigenvalue weighted by Crippen LogP contribution is 2.33. The summed E-state index contributed by atoms with van der Waals surface area (Å²) in [5.74, 6) is -1.72. The molecule has 19 heavy (non-hydrogen) atoms. The first kappa shape index (κ1) is 13.3. The number of piperidine rings is 1. The molecule has 1 atom stereocenters. The summed E-state index contributed by atoms with van der Waals surface area (Å²) in [5, 5.41) is 20.1. The Morgan fingerprint density at radius 2 is 2.21 bits per heavy atom. The van der Waals surface area contributed by atoms with Gasteiger partial charge >= 0.3 is 5.97 Å². The molecule has 0 amide bonds. The summed E-state index contributed by atoms with van der Waals surface area (Å²) in [4.78, 5) is 22.9. The van der Waals surface area contributed by atoms with E-state index in [2.05, 4.69) is 0 Å². The molecule has 0 unspecified atom stereocenters. The highest BCUT2D eigenvalue weighted by molar-refractivity contribution is 5.80. The van der Waals surface area contributed by atoms with Crippen LogP contribution >= 0.6 is 0 Å². The number of hydrogen-bond acceptors (Lipinski definition) is 4. The summed E-state index contributed by atoms with van der Waals surface area (Å²) in [7, 11) is 0. The average Bonchev–Trinajstić information content (AvgIpc) is 2.38. The molecule has 0 spiro atoms. The monoisotopic (exact) mass is 268 g/mol. The van der Waals surface area contributed by atoms with Gasteiger partial charge in [-0.15, -0.1) is 0 Å². The highest BCUT2D eigenvalue weighted by Gasteiger charge is 2.32. The highest BCUT2D eigenvalue weighted by atomic mass is 19.1. The minimum Gasteiger partial charge on any atom is -0.480 e. The summed E-state index contributed by atoms with van der Waals surface area (Å²) in [5.41, 5.74) is -0.230. The molecule has 1 aliphatic rings. The lowest BCUT2D eigenvalue weighted by molar-refractivity contribution is -0.384. The van der Waals surface area contributed by atoms with Crippen molar-refractivity contribution in [3.05, 3.63) is 34.1 Å². The van der Waals surface area contributed by atoms with Crippen molar-refractivity contribution >= 4 is 17.3 Å². The number of benzene rings is 1. The van der Waals surface area contributed by atoms with Gasteiger partial charge in [0.25, 0.3) is 5.69 Å². The number of nitro benzene ring substituents is 1. The number of anilines is 1. The smallest absolute Gasteiger partial charge is 0.326 e. The number of nitro groups is 1. The van der Waals surface area contributed by atoms with Crippen molar-refractivity contribution in [2.75, 3.05) is 11.4 Å². The van der Waals surface area contributed by atoms with Crippen LogP contribution in [0.2, 0.25) is 0 Å². The van der Waals surface area contributed by atoms with Gasteiger partial charge in [-0.2, -0.15) is 0 Å². The maximum Gasteiger partial charge on any atom is 0.326 e. The standard InChI is InChI=1S/C12H13FN2O4/c13-8-4-5-9(11(7-8)15(18)19)14-6-2-1-3-10(14)12(16)17/h4-5,7,10H,1-3,6H2,(H,16,17)/t10-/m0/s1. The van der Waals surface area contributed by atoms with E-state index in [1.165, 1.54) is 11.0 Å². The summed E-state index contributed by atoms with van der Waals surface area (Å²) < 4.78 is 13.1. The summed E-state index contributed by atoms with van der Waals surface area (Å²) in [6.07, 6.45) is 1.96. The van der Waals surface area contributed by atoms with Gasteiger partial charge in [0.15, 0.2) is 0 Å². The van der Waals surface area contributed by atoms with Crippen molar-refractivity contribution in [2.45, 2.75) is 25.3 Å². The number of halogens is 1. The Bertz CT molecular complexity index is 520. The fourth-order valence-corrected chi connectivity index (χ4v) is 2.36. The zero-order chi connectivity index (χ0) is 14.0. The Morgan fingerprint density at radius 3 is 2.84 bits per heavy atom. The lowest BCUT2D eigenvalue weighted by Gasteiger charge is -2.34. The van der Waals surface area contributed by atoms with Crippen LogP contribution in [-0.4, -0.2) is 28.6 Å². The van der Waals surface area contributed by atoms with Gasteiger partial charge in [0.05, 0.1) is 11.0 Å². The van der Waals surface area contributed by atoms with Gasteiger partial charge in [0.2, 0.25) is 0 Å². The molecule has 1 aromatic rings. The summed E-state index contributed by atoms with van der Waals surface area (Å²) >= 11 is 0. The number of aliphatic carboxylic acids is 1. The van der Waals surface area contributed by atoms with Crippen LogP contribution in [0, 0.1) is 15.9 Å². The van der Waals surface area contributed by atoms with Crippen LogP contribution in [-0.2, 0) is 4.79 Å². The van der Waals surface area contributed by atoms with Crippen molar-refractivity contribution in [3.8, 4) is 0 Å². The van der Waals surface area contributed by atoms with Gasteiger partial charge in [-0.25, -0.2) is 9.18 Å². The average molecular weight is 268 g/mol. The van der Waals surface area contributed by atoms with Crippen molar-refractivity contribution in [2.24, 2.45) is 0 Å². The molecule has 1 aromatic carbocycles. The molecule has 0 saturated carbocycles.